The molecule has 76 valence electrons. The van der Waals surface area contributed by atoms with Crippen molar-refractivity contribution in [3.8, 4) is 0 Å². The summed E-state index contributed by atoms with van der Waals surface area (Å²) in [5.74, 6) is 0. The highest BCUT2D eigenvalue weighted by Crippen LogP contribution is 2.10. The largest absolute Gasteiger partial charge is 0.352 e. The second kappa shape index (κ2) is 4.54. The molecular formula is C7H16N4O2. The summed E-state index contributed by atoms with van der Waals surface area (Å²) in [5, 5.41) is 4.91. The van der Waals surface area contributed by atoms with Crippen LogP contribution in [0, 0.1) is 5.41 Å². The van der Waals surface area contributed by atoms with E-state index in [0.29, 0.717) is 13.1 Å². The molecule has 0 aromatic carbocycles. The molecule has 0 saturated carbocycles. The lowest BCUT2D eigenvalue weighted by Gasteiger charge is -2.24. The number of hydrogen-bond donors (Lipinski definition) is 4. The maximum absolute atomic E-state index is 10.4. The van der Waals surface area contributed by atoms with Crippen molar-refractivity contribution in [1.29, 1.82) is 0 Å². The van der Waals surface area contributed by atoms with E-state index >= 15 is 0 Å². The van der Waals surface area contributed by atoms with Crippen molar-refractivity contribution in [3.05, 3.63) is 0 Å². The van der Waals surface area contributed by atoms with Gasteiger partial charge in [0.2, 0.25) is 0 Å². The topological polar surface area (TPSA) is 110 Å². The number of carbonyl (C=O) groups is 2. The van der Waals surface area contributed by atoms with Crippen LogP contribution in [0.25, 0.3) is 0 Å². The summed E-state index contributed by atoms with van der Waals surface area (Å²) in [5.41, 5.74) is 9.53. The van der Waals surface area contributed by atoms with Gasteiger partial charge >= 0.3 is 12.1 Å². The molecule has 6 nitrogen and oxygen atoms in total. The molecular weight excluding hydrogens is 172 g/mol. The Hall–Kier alpha value is -1.46. The first-order chi connectivity index (χ1) is 5.83. The molecule has 13 heavy (non-hydrogen) atoms. The first-order valence-corrected chi connectivity index (χ1v) is 3.90. The third-order valence-electron chi connectivity index (χ3n) is 1.48. The lowest BCUT2D eigenvalue weighted by Crippen LogP contribution is -2.44. The van der Waals surface area contributed by atoms with Crippen molar-refractivity contribution in [1.82, 2.24) is 10.6 Å². The van der Waals surface area contributed by atoms with E-state index in [1.165, 1.54) is 0 Å². The van der Waals surface area contributed by atoms with Crippen molar-refractivity contribution in [2.75, 3.05) is 13.1 Å². The predicted molar refractivity (Wildman–Crippen MR) is 49.0 cm³/mol. The van der Waals surface area contributed by atoms with Crippen LogP contribution in [0.1, 0.15) is 13.8 Å². The Morgan fingerprint density at radius 2 is 1.38 bits per heavy atom. The van der Waals surface area contributed by atoms with E-state index in [4.69, 9.17) is 11.5 Å². The number of amides is 4. The maximum Gasteiger partial charge on any atom is 0.312 e. The first-order valence-electron chi connectivity index (χ1n) is 3.90. The van der Waals surface area contributed by atoms with Crippen molar-refractivity contribution in [3.63, 3.8) is 0 Å². The average molecular weight is 188 g/mol. The number of primary amides is 2. The Kier molecular flexibility index (Phi) is 4.03. The lowest BCUT2D eigenvalue weighted by atomic mass is 9.93. The smallest absolute Gasteiger partial charge is 0.312 e. The van der Waals surface area contributed by atoms with E-state index in [2.05, 4.69) is 10.6 Å². The van der Waals surface area contributed by atoms with Gasteiger partial charge in [-0.3, -0.25) is 0 Å². The van der Waals surface area contributed by atoms with Crippen LogP contribution in [-0.2, 0) is 0 Å². The summed E-state index contributed by atoms with van der Waals surface area (Å²) < 4.78 is 0. The number of hydrogen-bond acceptors (Lipinski definition) is 2. The van der Waals surface area contributed by atoms with E-state index in [9.17, 15) is 9.59 Å². The summed E-state index contributed by atoms with van der Waals surface area (Å²) >= 11 is 0. The zero-order valence-corrected chi connectivity index (χ0v) is 7.89. The van der Waals surface area contributed by atoms with Gasteiger partial charge < -0.3 is 22.1 Å². The van der Waals surface area contributed by atoms with Gasteiger partial charge in [-0.2, -0.15) is 0 Å². The Balaban J connectivity index is 3.79. The van der Waals surface area contributed by atoms with Crippen LogP contribution in [0.15, 0.2) is 0 Å². The monoisotopic (exact) mass is 188 g/mol. The zero-order chi connectivity index (χ0) is 10.5. The van der Waals surface area contributed by atoms with Crippen LogP contribution in [0.4, 0.5) is 9.59 Å². The highest BCUT2D eigenvalue weighted by atomic mass is 16.2. The summed E-state index contributed by atoms with van der Waals surface area (Å²) in [6.07, 6.45) is 0. The lowest BCUT2D eigenvalue weighted by molar-refractivity contribution is 0.235. The number of nitrogens with two attached hydrogens (primary N) is 2. The molecule has 6 heteroatoms. The van der Waals surface area contributed by atoms with Crippen LogP contribution >= 0.6 is 0 Å². The normalized spacial score (nSPS) is 10.6. The molecule has 0 fully saturated rings. The minimum absolute atomic E-state index is 0.260. The molecule has 6 N–H and O–H groups in total. The standard InChI is InChI=1S/C7H16N4O2/c1-7(2,3-10-5(8)12)4-11-6(9)13/h3-4H2,1-2H3,(H3,8,10,12)(H3,9,11,13). The number of urea groups is 2. The van der Waals surface area contributed by atoms with E-state index < -0.39 is 12.1 Å². The molecule has 0 atom stereocenters. The quantitative estimate of drug-likeness (QED) is 0.470. The van der Waals surface area contributed by atoms with Gasteiger partial charge in [0.05, 0.1) is 0 Å². The molecule has 0 aliphatic carbocycles. The molecule has 0 aromatic rings. The number of rotatable bonds is 4. The SMILES string of the molecule is CC(C)(CNC(N)=O)CNC(N)=O. The Morgan fingerprint density at radius 3 is 1.62 bits per heavy atom. The molecule has 0 radical (unpaired) electrons. The second-order valence-electron chi connectivity index (χ2n) is 3.60. The summed E-state index contributed by atoms with van der Waals surface area (Å²) in [6.45, 7) is 4.53. The van der Waals surface area contributed by atoms with Crippen LogP contribution < -0.4 is 22.1 Å². The van der Waals surface area contributed by atoms with Gasteiger partial charge in [-0.1, -0.05) is 13.8 Å². The van der Waals surface area contributed by atoms with Crippen LogP contribution in [-0.4, -0.2) is 25.2 Å². The molecule has 0 rings (SSSR count). The van der Waals surface area contributed by atoms with Crippen molar-refractivity contribution >= 4 is 12.1 Å². The molecule has 0 heterocycles. The van der Waals surface area contributed by atoms with Crippen LogP contribution in [0.2, 0.25) is 0 Å². The highest BCUT2D eigenvalue weighted by Gasteiger charge is 2.18. The predicted octanol–water partition coefficient (Wildman–Crippen LogP) is -0.651. The Bertz CT molecular complexity index is 183. The number of nitrogens with one attached hydrogen (secondary N) is 2. The molecule has 0 saturated heterocycles. The maximum atomic E-state index is 10.4. The summed E-state index contributed by atoms with van der Waals surface area (Å²) in [7, 11) is 0. The average Bonchev–Trinajstić information content (AvgIpc) is 1.98. The van der Waals surface area contributed by atoms with Crippen molar-refractivity contribution in [2.24, 2.45) is 16.9 Å². The van der Waals surface area contributed by atoms with Gasteiger partial charge in [-0.15, -0.1) is 0 Å². The van der Waals surface area contributed by atoms with E-state index in [-0.39, 0.29) is 5.41 Å². The molecule has 0 spiro atoms. The Labute approximate surface area is 77.0 Å². The minimum atomic E-state index is -0.577. The second-order valence-corrected chi connectivity index (χ2v) is 3.60. The molecule has 0 aliphatic rings. The van der Waals surface area contributed by atoms with Crippen LogP contribution in [0.3, 0.4) is 0 Å². The van der Waals surface area contributed by atoms with Gasteiger partial charge in [-0.25, -0.2) is 9.59 Å². The van der Waals surface area contributed by atoms with Gasteiger partial charge in [0.15, 0.2) is 0 Å². The fourth-order valence-corrected chi connectivity index (χ4v) is 0.715. The molecule has 0 aromatic heterocycles. The van der Waals surface area contributed by atoms with Crippen LogP contribution in [0.5, 0.6) is 0 Å². The summed E-state index contributed by atoms with van der Waals surface area (Å²) in [4.78, 5) is 20.8. The Morgan fingerprint density at radius 1 is 1.08 bits per heavy atom. The first kappa shape index (κ1) is 11.5. The molecule has 0 unspecified atom stereocenters. The van der Waals surface area contributed by atoms with Gasteiger partial charge in [0, 0.05) is 13.1 Å². The van der Waals surface area contributed by atoms with Gasteiger partial charge in [0.25, 0.3) is 0 Å². The highest BCUT2D eigenvalue weighted by molar-refractivity contribution is 5.72. The van der Waals surface area contributed by atoms with E-state index in [1.807, 2.05) is 13.8 Å². The van der Waals surface area contributed by atoms with E-state index in [0.717, 1.165) is 0 Å². The number of carbonyl (C=O) groups excluding carboxylic acids is 2. The molecule has 4 amide bonds. The summed E-state index contributed by atoms with van der Waals surface area (Å²) in [6, 6.07) is -1.15. The van der Waals surface area contributed by atoms with Crippen molar-refractivity contribution < 1.29 is 9.59 Å². The minimum Gasteiger partial charge on any atom is -0.352 e. The third kappa shape index (κ3) is 6.92. The third-order valence-corrected chi connectivity index (χ3v) is 1.48. The van der Waals surface area contributed by atoms with Crippen molar-refractivity contribution in [2.45, 2.75) is 13.8 Å². The zero-order valence-electron chi connectivity index (χ0n) is 7.89. The van der Waals surface area contributed by atoms with Gasteiger partial charge in [0.1, 0.15) is 0 Å². The fourth-order valence-electron chi connectivity index (χ4n) is 0.715. The molecule has 0 bridgehead atoms. The fraction of sp³-hybridized carbons (Fsp3) is 0.714. The van der Waals surface area contributed by atoms with E-state index in [1.54, 1.807) is 0 Å². The molecule has 0 aliphatic heterocycles. The van der Waals surface area contributed by atoms with Gasteiger partial charge in [-0.05, 0) is 5.41 Å².